The Morgan fingerprint density at radius 2 is 1.95 bits per heavy atom. The van der Waals surface area contributed by atoms with Gasteiger partial charge in [-0.1, -0.05) is 12.1 Å². The summed E-state index contributed by atoms with van der Waals surface area (Å²) in [5.74, 6) is 0.689. The molecule has 3 heterocycles. The molecule has 1 amide bonds. The second-order valence-corrected chi connectivity index (χ2v) is 5.96. The number of benzene rings is 1. The first kappa shape index (κ1) is 14.1. The van der Waals surface area contributed by atoms with E-state index in [0.29, 0.717) is 12.0 Å². The van der Waals surface area contributed by atoms with Crippen LogP contribution in [0.25, 0.3) is 6.08 Å². The Kier molecular flexibility index (Phi) is 4.25. The molecule has 4 rings (SSSR count). The summed E-state index contributed by atoms with van der Waals surface area (Å²) in [4.78, 5) is 14.5. The zero-order valence-corrected chi connectivity index (χ0v) is 12.5. The van der Waals surface area contributed by atoms with E-state index in [4.69, 9.17) is 0 Å². The van der Waals surface area contributed by atoms with Crippen LogP contribution in [0.3, 0.4) is 0 Å². The molecule has 0 aromatic heterocycles. The van der Waals surface area contributed by atoms with E-state index < -0.39 is 0 Å². The van der Waals surface area contributed by atoms with E-state index in [-0.39, 0.29) is 5.91 Å². The molecule has 2 bridgehead atoms. The quantitative estimate of drug-likeness (QED) is 0.831. The molecule has 1 aromatic rings. The molecule has 0 aliphatic carbocycles. The van der Waals surface area contributed by atoms with Gasteiger partial charge in [0.25, 0.3) is 0 Å². The fourth-order valence-electron chi connectivity index (χ4n) is 3.29. The molecule has 3 aliphatic rings. The maximum atomic E-state index is 12.1. The molecule has 3 aliphatic heterocycles. The zero-order valence-electron chi connectivity index (χ0n) is 12.5. The molecule has 0 spiro atoms. The first-order valence-electron chi connectivity index (χ1n) is 7.73. The smallest absolute Gasteiger partial charge is 0.244 e. The monoisotopic (exact) mass is 285 g/mol. The SMILES string of the molecule is CNc1ccc(C=CC(=O)N[C@H]2CN3CCC2CC3)cc1. The fourth-order valence-corrected chi connectivity index (χ4v) is 3.29. The molecule has 0 saturated carbocycles. The third-order valence-electron chi connectivity index (χ3n) is 4.61. The number of fused-ring (bicyclic) bond motifs is 3. The molecule has 1 aromatic carbocycles. The number of hydrogen-bond acceptors (Lipinski definition) is 3. The number of carbonyl (C=O) groups excluding carboxylic acids is 1. The Balaban J connectivity index is 1.54. The number of nitrogens with one attached hydrogen (secondary N) is 2. The lowest BCUT2D eigenvalue weighted by atomic mass is 9.84. The van der Waals surface area contributed by atoms with Gasteiger partial charge in [0.05, 0.1) is 0 Å². The van der Waals surface area contributed by atoms with Crippen LogP contribution in [0, 0.1) is 5.92 Å². The predicted molar refractivity (Wildman–Crippen MR) is 86.1 cm³/mol. The van der Waals surface area contributed by atoms with Crippen LogP contribution in [0.15, 0.2) is 30.3 Å². The van der Waals surface area contributed by atoms with Gasteiger partial charge in [-0.25, -0.2) is 0 Å². The predicted octanol–water partition coefficient (Wildman–Crippen LogP) is 1.95. The molecule has 0 unspecified atom stereocenters. The van der Waals surface area contributed by atoms with Crippen LogP contribution < -0.4 is 10.6 Å². The summed E-state index contributed by atoms with van der Waals surface area (Å²) in [6.07, 6.45) is 5.96. The maximum absolute atomic E-state index is 12.1. The van der Waals surface area contributed by atoms with E-state index in [1.807, 2.05) is 37.4 Å². The van der Waals surface area contributed by atoms with E-state index in [9.17, 15) is 4.79 Å². The highest BCUT2D eigenvalue weighted by Gasteiger charge is 2.34. The Labute approximate surface area is 126 Å². The summed E-state index contributed by atoms with van der Waals surface area (Å²) >= 11 is 0. The van der Waals surface area contributed by atoms with Crippen LogP contribution in [-0.4, -0.2) is 43.5 Å². The van der Waals surface area contributed by atoms with Gasteiger partial charge in [0.15, 0.2) is 0 Å². The summed E-state index contributed by atoms with van der Waals surface area (Å²) < 4.78 is 0. The topological polar surface area (TPSA) is 44.4 Å². The van der Waals surface area contributed by atoms with Gasteiger partial charge in [-0.2, -0.15) is 0 Å². The highest BCUT2D eigenvalue weighted by atomic mass is 16.1. The van der Waals surface area contributed by atoms with Crippen molar-refractivity contribution in [3.63, 3.8) is 0 Å². The van der Waals surface area contributed by atoms with Crippen molar-refractivity contribution in [2.45, 2.75) is 18.9 Å². The van der Waals surface area contributed by atoms with Crippen LogP contribution in [0.4, 0.5) is 5.69 Å². The summed E-state index contributed by atoms with van der Waals surface area (Å²) in [5.41, 5.74) is 2.11. The minimum atomic E-state index is 0.0199. The normalized spacial score (nSPS) is 27.8. The Morgan fingerprint density at radius 3 is 2.52 bits per heavy atom. The molecule has 4 nitrogen and oxygen atoms in total. The number of nitrogens with zero attached hydrogens (tertiary/aromatic N) is 1. The highest BCUT2D eigenvalue weighted by Crippen LogP contribution is 2.27. The van der Waals surface area contributed by atoms with E-state index in [2.05, 4.69) is 15.5 Å². The van der Waals surface area contributed by atoms with Crippen molar-refractivity contribution in [3.05, 3.63) is 35.9 Å². The van der Waals surface area contributed by atoms with Gasteiger partial charge in [0.2, 0.25) is 5.91 Å². The number of rotatable bonds is 4. The van der Waals surface area contributed by atoms with Gasteiger partial charge in [-0.3, -0.25) is 4.79 Å². The van der Waals surface area contributed by atoms with Crippen molar-refractivity contribution in [2.75, 3.05) is 32.0 Å². The molecular formula is C17H23N3O. The first-order valence-corrected chi connectivity index (χ1v) is 7.73. The Morgan fingerprint density at radius 1 is 1.24 bits per heavy atom. The molecule has 4 heteroatoms. The standard InChI is InChI=1S/C17H23N3O/c1-18-15-5-2-13(3-6-15)4-7-17(21)19-16-12-20-10-8-14(16)9-11-20/h2-7,14,16,18H,8-12H2,1H3,(H,19,21)/t16-/m0/s1. The third kappa shape index (κ3) is 3.45. The Hall–Kier alpha value is -1.81. The summed E-state index contributed by atoms with van der Waals surface area (Å²) in [6.45, 7) is 3.41. The Bertz CT molecular complexity index is 515. The van der Waals surface area contributed by atoms with Gasteiger partial charge in [0, 0.05) is 31.4 Å². The lowest BCUT2D eigenvalue weighted by molar-refractivity contribution is -0.118. The van der Waals surface area contributed by atoms with Gasteiger partial charge < -0.3 is 15.5 Å². The van der Waals surface area contributed by atoms with Gasteiger partial charge in [-0.15, -0.1) is 0 Å². The lowest BCUT2D eigenvalue weighted by Crippen LogP contribution is -2.57. The second-order valence-electron chi connectivity index (χ2n) is 5.96. The number of carbonyl (C=O) groups is 1. The lowest BCUT2D eigenvalue weighted by Gasteiger charge is -2.44. The summed E-state index contributed by atoms with van der Waals surface area (Å²) in [7, 11) is 1.90. The van der Waals surface area contributed by atoms with Crippen LogP contribution in [0.2, 0.25) is 0 Å². The maximum Gasteiger partial charge on any atom is 0.244 e. The van der Waals surface area contributed by atoms with Crippen molar-refractivity contribution in [1.29, 1.82) is 0 Å². The third-order valence-corrected chi connectivity index (χ3v) is 4.61. The van der Waals surface area contributed by atoms with Crippen molar-refractivity contribution >= 4 is 17.7 Å². The fraction of sp³-hybridized carbons (Fsp3) is 0.471. The van der Waals surface area contributed by atoms with Crippen molar-refractivity contribution in [2.24, 2.45) is 5.92 Å². The number of amides is 1. The van der Waals surface area contributed by atoms with Crippen LogP contribution in [-0.2, 0) is 4.79 Å². The van der Waals surface area contributed by atoms with Gasteiger partial charge in [-0.05, 0) is 55.6 Å². The molecule has 3 saturated heterocycles. The molecular weight excluding hydrogens is 262 g/mol. The summed E-state index contributed by atoms with van der Waals surface area (Å²) in [5, 5.41) is 6.24. The molecule has 3 fully saturated rings. The van der Waals surface area contributed by atoms with E-state index in [1.54, 1.807) is 6.08 Å². The molecule has 21 heavy (non-hydrogen) atoms. The molecule has 112 valence electrons. The molecule has 2 N–H and O–H groups in total. The second kappa shape index (κ2) is 6.31. The van der Waals surface area contributed by atoms with Crippen LogP contribution in [0.5, 0.6) is 0 Å². The molecule has 1 atom stereocenters. The van der Waals surface area contributed by atoms with E-state index in [1.165, 1.54) is 25.9 Å². The largest absolute Gasteiger partial charge is 0.388 e. The van der Waals surface area contributed by atoms with Gasteiger partial charge in [0.1, 0.15) is 0 Å². The van der Waals surface area contributed by atoms with Crippen LogP contribution in [0.1, 0.15) is 18.4 Å². The van der Waals surface area contributed by atoms with E-state index in [0.717, 1.165) is 17.8 Å². The van der Waals surface area contributed by atoms with Crippen molar-refractivity contribution < 1.29 is 4.79 Å². The number of anilines is 1. The molecule has 0 radical (unpaired) electrons. The van der Waals surface area contributed by atoms with E-state index >= 15 is 0 Å². The average molecular weight is 285 g/mol. The van der Waals surface area contributed by atoms with Crippen LogP contribution >= 0.6 is 0 Å². The van der Waals surface area contributed by atoms with Crippen molar-refractivity contribution in [3.8, 4) is 0 Å². The highest BCUT2D eigenvalue weighted by molar-refractivity contribution is 5.92. The van der Waals surface area contributed by atoms with Gasteiger partial charge >= 0.3 is 0 Å². The summed E-state index contributed by atoms with van der Waals surface area (Å²) in [6, 6.07) is 8.35. The average Bonchev–Trinajstić information content (AvgIpc) is 2.54. The minimum Gasteiger partial charge on any atom is -0.388 e. The zero-order chi connectivity index (χ0) is 14.7. The number of hydrogen-bond donors (Lipinski definition) is 2. The number of piperidine rings is 3. The van der Waals surface area contributed by atoms with Crippen molar-refractivity contribution in [1.82, 2.24) is 10.2 Å². The first-order chi connectivity index (χ1) is 10.2. The minimum absolute atomic E-state index is 0.0199.